The average Bonchev–Trinajstić information content (AvgIpc) is 2.41. The molecule has 0 aliphatic heterocycles. The number of hydrogen-bond acceptors (Lipinski definition) is 3. The number of hydrogen-bond donors (Lipinski definition) is 1. The first kappa shape index (κ1) is 15.2. The molecular weight excluding hydrogens is 311 g/mol. The summed E-state index contributed by atoms with van der Waals surface area (Å²) in [7, 11) is 0. The molecule has 1 N–H and O–H groups in total. The summed E-state index contributed by atoms with van der Waals surface area (Å²) in [6, 6.07) is 7.79. The van der Waals surface area contributed by atoms with Crippen LogP contribution in [0.4, 0.5) is 13.2 Å². The normalized spacial score (nSPS) is 11.7. The van der Waals surface area contributed by atoms with Crippen LogP contribution in [0.5, 0.6) is 0 Å². The summed E-state index contributed by atoms with van der Waals surface area (Å²) in [4.78, 5) is 4.52. The van der Waals surface area contributed by atoms with Crippen LogP contribution in [0.15, 0.2) is 46.5 Å². The molecule has 0 fully saturated rings. The highest BCUT2D eigenvalue weighted by atomic mass is 35.5. The van der Waals surface area contributed by atoms with Crippen molar-refractivity contribution >= 4 is 23.4 Å². The number of aromatic nitrogens is 1. The van der Waals surface area contributed by atoms with Crippen molar-refractivity contribution < 1.29 is 18.3 Å². The number of benzene rings is 1. The van der Waals surface area contributed by atoms with E-state index in [4.69, 9.17) is 16.7 Å². The summed E-state index contributed by atoms with van der Waals surface area (Å²) in [6.07, 6.45) is -3.70. The van der Waals surface area contributed by atoms with Gasteiger partial charge >= 0.3 is 6.18 Å². The lowest BCUT2D eigenvalue weighted by Crippen LogP contribution is -2.05. The third kappa shape index (κ3) is 3.65. The molecule has 1 aromatic heterocycles. The predicted octanol–water partition coefficient (Wildman–Crippen LogP) is 4.40. The molecule has 0 atom stereocenters. The third-order valence-corrected chi connectivity index (χ3v) is 3.88. The summed E-state index contributed by atoms with van der Waals surface area (Å²) in [5.41, 5.74) is -0.122. The molecule has 2 nitrogen and oxygen atoms in total. The Morgan fingerprint density at radius 1 is 1.20 bits per heavy atom. The number of halogens is 4. The molecule has 0 radical (unpaired) electrons. The Labute approximate surface area is 122 Å². The van der Waals surface area contributed by atoms with Gasteiger partial charge < -0.3 is 5.11 Å². The zero-order valence-corrected chi connectivity index (χ0v) is 11.6. The monoisotopic (exact) mass is 319 g/mol. The van der Waals surface area contributed by atoms with Gasteiger partial charge in [0.1, 0.15) is 5.03 Å². The molecule has 0 aliphatic carbocycles. The number of rotatable bonds is 3. The first-order valence-corrected chi connectivity index (χ1v) is 6.70. The molecular formula is C13H9ClF3NOS. The van der Waals surface area contributed by atoms with Gasteiger partial charge in [-0.1, -0.05) is 35.5 Å². The van der Waals surface area contributed by atoms with Crippen LogP contribution in [0.3, 0.4) is 0 Å². The highest BCUT2D eigenvalue weighted by Crippen LogP contribution is 2.36. The second-order valence-electron chi connectivity index (χ2n) is 3.91. The van der Waals surface area contributed by atoms with Crippen LogP contribution in [0.1, 0.15) is 11.1 Å². The number of aliphatic hydroxyl groups is 1. The fourth-order valence-corrected chi connectivity index (χ4v) is 2.47. The van der Waals surface area contributed by atoms with Crippen molar-refractivity contribution in [2.24, 2.45) is 0 Å². The van der Waals surface area contributed by atoms with Crippen molar-refractivity contribution in [3.05, 3.63) is 52.7 Å². The van der Waals surface area contributed by atoms with E-state index in [2.05, 4.69) is 4.98 Å². The quantitative estimate of drug-likeness (QED) is 0.910. The van der Waals surface area contributed by atoms with Crippen molar-refractivity contribution in [2.75, 3.05) is 0 Å². The largest absolute Gasteiger partial charge is 0.417 e. The van der Waals surface area contributed by atoms with Crippen LogP contribution in [-0.4, -0.2) is 10.1 Å². The molecule has 20 heavy (non-hydrogen) atoms. The Morgan fingerprint density at radius 3 is 2.35 bits per heavy atom. The van der Waals surface area contributed by atoms with Gasteiger partial charge in [-0.2, -0.15) is 13.2 Å². The maximum absolute atomic E-state index is 12.5. The molecule has 0 unspecified atom stereocenters. The van der Waals surface area contributed by atoms with Gasteiger partial charge in [-0.05, 0) is 23.8 Å². The third-order valence-electron chi connectivity index (χ3n) is 2.46. The smallest absolute Gasteiger partial charge is 0.392 e. The average molecular weight is 320 g/mol. The second-order valence-corrected chi connectivity index (χ2v) is 5.38. The molecule has 0 saturated heterocycles. The summed E-state index contributed by atoms with van der Waals surface area (Å²) in [5, 5.41) is 9.18. The molecule has 1 heterocycles. The van der Waals surface area contributed by atoms with E-state index in [1.54, 1.807) is 24.3 Å². The lowest BCUT2D eigenvalue weighted by Gasteiger charge is -2.09. The summed E-state index contributed by atoms with van der Waals surface area (Å²) < 4.78 is 37.4. The molecule has 0 saturated carbocycles. The fourth-order valence-electron chi connectivity index (χ4n) is 1.43. The van der Waals surface area contributed by atoms with Gasteiger partial charge in [0.2, 0.25) is 0 Å². The maximum atomic E-state index is 12.5. The number of alkyl halides is 3. The minimum atomic E-state index is -4.46. The lowest BCUT2D eigenvalue weighted by atomic mass is 10.2. The topological polar surface area (TPSA) is 33.1 Å². The molecule has 2 aromatic rings. The van der Waals surface area contributed by atoms with Gasteiger partial charge in [-0.25, -0.2) is 4.98 Å². The zero-order chi connectivity index (χ0) is 14.8. The van der Waals surface area contributed by atoms with Crippen molar-refractivity contribution in [3.63, 3.8) is 0 Å². The molecule has 7 heteroatoms. The molecule has 0 aliphatic rings. The summed E-state index contributed by atoms with van der Waals surface area (Å²) in [6.45, 7) is -0.0652. The number of aliphatic hydroxyl groups excluding tert-OH is 1. The van der Waals surface area contributed by atoms with Crippen molar-refractivity contribution in [3.8, 4) is 0 Å². The van der Waals surface area contributed by atoms with Crippen LogP contribution >= 0.6 is 23.4 Å². The highest BCUT2D eigenvalue weighted by Gasteiger charge is 2.31. The molecule has 0 bridgehead atoms. The van der Waals surface area contributed by atoms with Gasteiger partial charge in [0.15, 0.2) is 0 Å². The van der Waals surface area contributed by atoms with E-state index in [-0.39, 0.29) is 11.6 Å². The Bertz CT molecular complexity index is 602. The molecule has 0 spiro atoms. The van der Waals surface area contributed by atoms with Crippen LogP contribution < -0.4 is 0 Å². The maximum Gasteiger partial charge on any atom is 0.417 e. The second kappa shape index (κ2) is 6.03. The Hall–Kier alpha value is -1.24. The molecule has 1 aromatic carbocycles. The Balaban J connectivity index is 2.21. The summed E-state index contributed by atoms with van der Waals surface area (Å²) >= 11 is 6.98. The van der Waals surface area contributed by atoms with Crippen LogP contribution in [-0.2, 0) is 12.8 Å². The number of pyridine rings is 1. The van der Waals surface area contributed by atoms with E-state index in [1.165, 1.54) is 0 Å². The van der Waals surface area contributed by atoms with E-state index >= 15 is 0 Å². The lowest BCUT2D eigenvalue weighted by molar-refractivity contribution is -0.137. The van der Waals surface area contributed by atoms with E-state index in [9.17, 15) is 13.2 Å². The predicted molar refractivity (Wildman–Crippen MR) is 70.7 cm³/mol. The first-order chi connectivity index (χ1) is 9.40. The van der Waals surface area contributed by atoms with Crippen molar-refractivity contribution in [2.45, 2.75) is 22.7 Å². The molecule has 0 amide bonds. The van der Waals surface area contributed by atoms with Gasteiger partial charge in [-0.3, -0.25) is 0 Å². The van der Waals surface area contributed by atoms with E-state index < -0.39 is 11.7 Å². The Morgan fingerprint density at radius 2 is 1.85 bits per heavy atom. The minimum absolute atomic E-state index is 0.0453. The van der Waals surface area contributed by atoms with E-state index in [0.29, 0.717) is 5.03 Å². The highest BCUT2D eigenvalue weighted by molar-refractivity contribution is 7.99. The van der Waals surface area contributed by atoms with Crippen molar-refractivity contribution in [1.29, 1.82) is 0 Å². The van der Waals surface area contributed by atoms with Crippen LogP contribution in [0.2, 0.25) is 5.02 Å². The van der Waals surface area contributed by atoms with Gasteiger partial charge in [0.05, 0.1) is 17.2 Å². The van der Waals surface area contributed by atoms with Gasteiger partial charge in [0.25, 0.3) is 0 Å². The Kier molecular flexibility index (Phi) is 4.57. The van der Waals surface area contributed by atoms with Gasteiger partial charge in [0, 0.05) is 11.1 Å². The zero-order valence-electron chi connectivity index (χ0n) is 9.99. The number of nitrogens with zero attached hydrogens (tertiary/aromatic N) is 1. The van der Waals surface area contributed by atoms with Crippen molar-refractivity contribution in [1.82, 2.24) is 4.98 Å². The minimum Gasteiger partial charge on any atom is -0.392 e. The van der Waals surface area contributed by atoms with Crippen LogP contribution in [0.25, 0.3) is 0 Å². The molecule has 2 rings (SSSR count). The SMILES string of the molecule is OCc1ccc(Sc2ncc(C(F)(F)F)cc2Cl)cc1. The summed E-state index contributed by atoms with van der Waals surface area (Å²) in [5.74, 6) is 0. The first-order valence-electron chi connectivity index (χ1n) is 5.50. The fraction of sp³-hybridized carbons (Fsp3) is 0.154. The van der Waals surface area contributed by atoms with E-state index in [0.717, 1.165) is 34.5 Å². The standard InChI is InChI=1S/C13H9ClF3NOS/c14-11-5-9(13(15,16)17)6-18-12(11)20-10-3-1-8(7-19)2-4-10/h1-6,19H,7H2. The van der Waals surface area contributed by atoms with Crippen LogP contribution in [0, 0.1) is 0 Å². The molecule has 106 valence electrons. The van der Waals surface area contributed by atoms with Gasteiger partial charge in [-0.15, -0.1) is 0 Å². The van der Waals surface area contributed by atoms with E-state index in [1.807, 2.05) is 0 Å².